The van der Waals surface area contributed by atoms with Gasteiger partial charge in [-0.1, -0.05) is 0 Å². The van der Waals surface area contributed by atoms with Gasteiger partial charge in [0.15, 0.2) is 11.5 Å². The Morgan fingerprint density at radius 1 is 1.35 bits per heavy atom. The maximum absolute atomic E-state index is 10.7. The number of hydrogen-bond donors (Lipinski definition) is 1. The Kier molecular flexibility index (Phi) is 3.23. The lowest BCUT2D eigenvalue weighted by Crippen LogP contribution is -2.45. The van der Waals surface area contributed by atoms with Crippen LogP contribution in [0, 0.1) is 0 Å². The van der Waals surface area contributed by atoms with Crippen LogP contribution < -0.4 is 4.90 Å². The van der Waals surface area contributed by atoms with Gasteiger partial charge in [-0.25, -0.2) is 4.79 Å². The molecule has 1 fully saturated rings. The third-order valence-corrected chi connectivity index (χ3v) is 2.61. The summed E-state index contributed by atoms with van der Waals surface area (Å²) in [4.78, 5) is 12.7. The van der Waals surface area contributed by atoms with Crippen LogP contribution in [-0.2, 0) is 4.74 Å². The van der Waals surface area contributed by atoms with Crippen molar-refractivity contribution in [2.45, 2.75) is 26.1 Å². The van der Waals surface area contributed by atoms with E-state index in [9.17, 15) is 4.79 Å². The molecule has 0 saturated carbocycles. The van der Waals surface area contributed by atoms with E-state index in [4.69, 9.17) is 9.84 Å². The first-order valence-electron chi connectivity index (χ1n) is 5.53. The molecule has 1 aliphatic heterocycles. The van der Waals surface area contributed by atoms with Crippen LogP contribution in [0.2, 0.25) is 0 Å². The van der Waals surface area contributed by atoms with Crippen LogP contribution in [0.5, 0.6) is 0 Å². The normalized spacial score (nSPS) is 24.7. The first kappa shape index (κ1) is 11.8. The van der Waals surface area contributed by atoms with Gasteiger partial charge >= 0.3 is 5.97 Å². The molecule has 1 saturated heterocycles. The van der Waals surface area contributed by atoms with Crippen molar-refractivity contribution in [2.24, 2.45) is 0 Å². The van der Waals surface area contributed by atoms with Gasteiger partial charge < -0.3 is 14.7 Å². The minimum atomic E-state index is -1.06. The van der Waals surface area contributed by atoms with E-state index < -0.39 is 5.97 Å². The van der Waals surface area contributed by atoms with E-state index in [-0.39, 0.29) is 17.9 Å². The maximum Gasteiger partial charge on any atom is 0.356 e. The molecular formula is C11H15N3O3. The minimum Gasteiger partial charge on any atom is -0.476 e. The third-order valence-electron chi connectivity index (χ3n) is 2.61. The van der Waals surface area contributed by atoms with Crippen molar-refractivity contribution in [3.63, 3.8) is 0 Å². The molecule has 2 rings (SSSR count). The zero-order valence-electron chi connectivity index (χ0n) is 9.83. The highest BCUT2D eigenvalue weighted by Crippen LogP contribution is 2.17. The van der Waals surface area contributed by atoms with Gasteiger partial charge in [-0.15, -0.1) is 10.2 Å². The van der Waals surface area contributed by atoms with E-state index in [1.807, 2.05) is 13.8 Å². The SMILES string of the molecule is C[C@@H]1CN(c2ccc(C(=O)O)nn2)C[C@H](C)O1. The van der Waals surface area contributed by atoms with E-state index in [0.717, 1.165) is 13.1 Å². The summed E-state index contributed by atoms with van der Waals surface area (Å²) < 4.78 is 5.62. The number of nitrogens with zero attached hydrogens (tertiary/aromatic N) is 3. The van der Waals surface area contributed by atoms with Crippen LogP contribution >= 0.6 is 0 Å². The standard InChI is InChI=1S/C11H15N3O3/c1-7-5-14(6-8(2)17-7)10-4-3-9(11(15)16)12-13-10/h3-4,7-8H,5-6H2,1-2H3,(H,15,16)/t7-,8+. The van der Waals surface area contributed by atoms with E-state index in [2.05, 4.69) is 15.1 Å². The summed E-state index contributed by atoms with van der Waals surface area (Å²) in [6, 6.07) is 3.15. The predicted molar refractivity (Wildman–Crippen MR) is 61.2 cm³/mol. The van der Waals surface area contributed by atoms with E-state index in [1.54, 1.807) is 6.07 Å². The lowest BCUT2D eigenvalue weighted by atomic mass is 10.2. The smallest absolute Gasteiger partial charge is 0.356 e. The molecule has 6 heteroatoms. The molecule has 0 spiro atoms. The highest BCUT2D eigenvalue weighted by atomic mass is 16.5. The molecule has 0 amide bonds. The highest BCUT2D eigenvalue weighted by molar-refractivity contribution is 5.85. The van der Waals surface area contributed by atoms with Gasteiger partial charge in [0.1, 0.15) is 0 Å². The number of morpholine rings is 1. The molecule has 1 aliphatic rings. The summed E-state index contributed by atoms with van der Waals surface area (Å²) >= 11 is 0. The molecule has 6 nitrogen and oxygen atoms in total. The number of carboxylic acid groups (broad SMARTS) is 1. The summed E-state index contributed by atoms with van der Waals surface area (Å²) in [6.07, 6.45) is 0.277. The fraction of sp³-hybridized carbons (Fsp3) is 0.545. The van der Waals surface area contributed by atoms with Crippen molar-refractivity contribution in [2.75, 3.05) is 18.0 Å². The Labute approximate surface area is 99.2 Å². The number of carboxylic acids is 1. The predicted octanol–water partition coefficient (Wildman–Crippen LogP) is 0.788. The van der Waals surface area contributed by atoms with Gasteiger partial charge in [0.2, 0.25) is 0 Å². The van der Waals surface area contributed by atoms with Crippen molar-refractivity contribution in [1.82, 2.24) is 10.2 Å². The number of hydrogen-bond acceptors (Lipinski definition) is 5. The Bertz CT molecular complexity index is 397. The molecule has 17 heavy (non-hydrogen) atoms. The monoisotopic (exact) mass is 237 g/mol. The first-order valence-corrected chi connectivity index (χ1v) is 5.53. The second-order valence-electron chi connectivity index (χ2n) is 4.24. The van der Waals surface area contributed by atoms with Crippen LogP contribution in [0.4, 0.5) is 5.82 Å². The van der Waals surface area contributed by atoms with Crippen LogP contribution in [0.15, 0.2) is 12.1 Å². The van der Waals surface area contributed by atoms with Gasteiger partial charge in [0.25, 0.3) is 0 Å². The minimum absolute atomic E-state index is 0.0388. The molecule has 0 unspecified atom stereocenters. The van der Waals surface area contributed by atoms with Crippen LogP contribution in [0.1, 0.15) is 24.3 Å². The second kappa shape index (κ2) is 4.67. The first-order chi connectivity index (χ1) is 8.06. The number of aromatic nitrogens is 2. The van der Waals surface area contributed by atoms with Gasteiger partial charge in [-0.2, -0.15) is 0 Å². The zero-order valence-corrected chi connectivity index (χ0v) is 9.83. The van der Waals surface area contributed by atoms with Crippen LogP contribution in [-0.4, -0.2) is 46.6 Å². The van der Waals surface area contributed by atoms with Gasteiger partial charge in [-0.3, -0.25) is 0 Å². The molecular weight excluding hydrogens is 222 g/mol. The Morgan fingerprint density at radius 2 is 2.00 bits per heavy atom. The summed E-state index contributed by atoms with van der Waals surface area (Å²) in [7, 11) is 0. The number of carbonyl (C=O) groups is 1. The zero-order chi connectivity index (χ0) is 12.4. The average molecular weight is 237 g/mol. The molecule has 2 atom stereocenters. The lowest BCUT2D eigenvalue weighted by molar-refractivity contribution is -0.00552. The van der Waals surface area contributed by atoms with Crippen LogP contribution in [0.3, 0.4) is 0 Å². The van der Waals surface area contributed by atoms with Crippen LogP contribution in [0.25, 0.3) is 0 Å². The number of rotatable bonds is 2. The van der Waals surface area contributed by atoms with Crippen molar-refractivity contribution >= 4 is 11.8 Å². The Morgan fingerprint density at radius 3 is 2.47 bits per heavy atom. The van der Waals surface area contributed by atoms with E-state index in [1.165, 1.54) is 6.07 Å². The molecule has 1 aromatic rings. The summed E-state index contributed by atoms with van der Waals surface area (Å²) in [5.74, 6) is -0.371. The van der Waals surface area contributed by atoms with Gasteiger partial charge in [0.05, 0.1) is 12.2 Å². The van der Waals surface area contributed by atoms with Gasteiger partial charge in [-0.05, 0) is 26.0 Å². The molecule has 0 aromatic carbocycles. The average Bonchev–Trinajstić information content (AvgIpc) is 2.28. The van der Waals surface area contributed by atoms with Crippen molar-refractivity contribution in [1.29, 1.82) is 0 Å². The number of anilines is 1. The quantitative estimate of drug-likeness (QED) is 0.819. The molecule has 1 aromatic heterocycles. The largest absolute Gasteiger partial charge is 0.476 e. The van der Waals surface area contributed by atoms with E-state index >= 15 is 0 Å². The summed E-state index contributed by atoms with van der Waals surface area (Å²) in [5, 5.41) is 16.3. The fourth-order valence-corrected chi connectivity index (χ4v) is 1.97. The number of ether oxygens (including phenoxy) is 1. The molecule has 0 bridgehead atoms. The summed E-state index contributed by atoms with van der Waals surface area (Å²) in [6.45, 7) is 5.49. The van der Waals surface area contributed by atoms with Crippen molar-refractivity contribution in [3.05, 3.63) is 17.8 Å². The molecule has 0 radical (unpaired) electrons. The Balaban J connectivity index is 2.14. The van der Waals surface area contributed by atoms with Crippen molar-refractivity contribution < 1.29 is 14.6 Å². The lowest BCUT2D eigenvalue weighted by Gasteiger charge is -2.35. The second-order valence-corrected chi connectivity index (χ2v) is 4.24. The molecule has 0 aliphatic carbocycles. The van der Waals surface area contributed by atoms with Gasteiger partial charge in [0, 0.05) is 13.1 Å². The number of aromatic carboxylic acids is 1. The summed E-state index contributed by atoms with van der Waals surface area (Å²) in [5.41, 5.74) is -0.0388. The third kappa shape index (κ3) is 2.71. The van der Waals surface area contributed by atoms with Crippen molar-refractivity contribution in [3.8, 4) is 0 Å². The fourth-order valence-electron chi connectivity index (χ4n) is 1.97. The topological polar surface area (TPSA) is 75.6 Å². The van der Waals surface area contributed by atoms with E-state index in [0.29, 0.717) is 5.82 Å². The maximum atomic E-state index is 10.7. The highest BCUT2D eigenvalue weighted by Gasteiger charge is 2.23. The molecule has 92 valence electrons. The Hall–Kier alpha value is -1.69. The molecule has 2 heterocycles. The molecule has 1 N–H and O–H groups in total.